The maximum Gasteiger partial charge on any atom is 0.132 e. The molecule has 0 bridgehead atoms. The van der Waals surface area contributed by atoms with Crippen LogP contribution in [0.25, 0.3) is 11.4 Å². The van der Waals surface area contributed by atoms with Gasteiger partial charge < -0.3 is 21.3 Å². The summed E-state index contributed by atoms with van der Waals surface area (Å²) in [5, 5.41) is 14.9. The Bertz CT molecular complexity index is 1100. The lowest BCUT2D eigenvalue weighted by molar-refractivity contribution is 0.579. The molecule has 4 N–H and O–H groups in total. The molecule has 200 valence electrons. The summed E-state index contributed by atoms with van der Waals surface area (Å²) >= 11 is 10.7. The van der Waals surface area contributed by atoms with Crippen molar-refractivity contribution in [2.75, 3.05) is 61.7 Å². The van der Waals surface area contributed by atoms with E-state index < -0.39 is 0 Å². The fourth-order valence-corrected chi connectivity index (χ4v) is 3.82. The van der Waals surface area contributed by atoms with E-state index in [0.717, 1.165) is 50.6 Å². The van der Waals surface area contributed by atoms with Gasteiger partial charge in [-0.3, -0.25) is 0 Å². The number of halogens is 3. The molecule has 2 aromatic carbocycles. The van der Waals surface area contributed by atoms with Crippen LogP contribution < -0.4 is 21.3 Å². The fourth-order valence-electron chi connectivity index (χ4n) is 3.56. The number of nitrogens with zero attached hydrogens (tertiary/aromatic N) is 5. The lowest BCUT2D eigenvalue weighted by Gasteiger charge is -2.29. The zero-order chi connectivity index (χ0) is 25.4. The smallest absolute Gasteiger partial charge is 0.132 e. The SMILES string of the molecule is Cl.ClCCNCCCl.Nc1ccnn1-c1ccccc1.c1ccc(-n2nccc2N2CCNCC2)cc1. The standard InChI is InChI=1S/C13H16N4.C9H9N3.C4H9Cl2N.ClH/c1-2-4-12(5-3-1)17-13(6-7-15-17)16-10-8-14-9-11-16;10-9-6-7-11-12(9)8-4-2-1-3-5-8;5-1-3-7-4-2-6;/h1-7,14H,8-11H2;1-7H,10H2;7H,1-4H2;1H. The Labute approximate surface area is 235 Å². The third-order valence-corrected chi connectivity index (χ3v) is 5.66. The first-order valence-electron chi connectivity index (χ1n) is 12.0. The minimum absolute atomic E-state index is 0. The monoisotopic (exact) mass is 564 g/mol. The fraction of sp³-hybridized carbons (Fsp3) is 0.308. The number of hydrogen-bond acceptors (Lipinski definition) is 6. The lowest BCUT2D eigenvalue weighted by Crippen LogP contribution is -2.44. The van der Waals surface area contributed by atoms with Gasteiger partial charge in [-0.1, -0.05) is 36.4 Å². The van der Waals surface area contributed by atoms with Crippen LogP contribution >= 0.6 is 35.6 Å². The molecule has 0 unspecified atom stereocenters. The first-order valence-corrected chi connectivity index (χ1v) is 13.0. The second kappa shape index (κ2) is 17.7. The highest BCUT2D eigenvalue weighted by atomic mass is 35.5. The van der Waals surface area contributed by atoms with E-state index >= 15 is 0 Å². The number of alkyl halides is 2. The summed E-state index contributed by atoms with van der Waals surface area (Å²) in [6.45, 7) is 5.87. The van der Waals surface area contributed by atoms with Crippen molar-refractivity contribution < 1.29 is 0 Å². The zero-order valence-electron chi connectivity index (χ0n) is 20.7. The molecular weight excluding hydrogens is 531 g/mol. The third-order valence-electron chi connectivity index (χ3n) is 5.28. The van der Waals surface area contributed by atoms with E-state index in [4.69, 9.17) is 28.9 Å². The summed E-state index contributed by atoms with van der Waals surface area (Å²) in [5.74, 6) is 3.16. The Hall–Kier alpha value is -2.75. The lowest BCUT2D eigenvalue weighted by atomic mass is 10.3. The largest absolute Gasteiger partial charge is 0.384 e. The van der Waals surface area contributed by atoms with Crippen LogP contribution in [0.5, 0.6) is 0 Å². The molecule has 0 saturated carbocycles. The van der Waals surface area contributed by atoms with Gasteiger partial charge in [0.2, 0.25) is 0 Å². The summed E-state index contributed by atoms with van der Waals surface area (Å²) in [4.78, 5) is 2.37. The number of rotatable bonds is 7. The van der Waals surface area contributed by atoms with Gasteiger partial charge in [0.15, 0.2) is 0 Å². The Morgan fingerprint density at radius 2 is 1.27 bits per heavy atom. The van der Waals surface area contributed by atoms with Crippen LogP contribution in [-0.2, 0) is 0 Å². The van der Waals surface area contributed by atoms with Crippen molar-refractivity contribution in [2.24, 2.45) is 0 Å². The van der Waals surface area contributed by atoms with Crippen molar-refractivity contribution in [2.45, 2.75) is 0 Å². The molecule has 0 atom stereocenters. The average Bonchev–Trinajstić information content (AvgIpc) is 3.61. The van der Waals surface area contributed by atoms with E-state index in [1.165, 1.54) is 5.82 Å². The molecule has 0 amide bonds. The Balaban J connectivity index is 0.000000212. The number of para-hydroxylation sites is 2. The molecular formula is C26H35Cl3N8. The molecule has 0 spiro atoms. The van der Waals surface area contributed by atoms with Crippen molar-refractivity contribution in [1.29, 1.82) is 0 Å². The van der Waals surface area contributed by atoms with Crippen LogP contribution in [0.3, 0.4) is 0 Å². The van der Waals surface area contributed by atoms with E-state index in [1.54, 1.807) is 16.9 Å². The van der Waals surface area contributed by atoms with Crippen molar-refractivity contribution in [3.8, 4) is 11.4 Å². The van der Waals surface area contributed by atoms with Crippen LogP contribution in [0.15, 0.2) is 85.2 Å². The summed E-state index contributed by atoms with van der Waals surface area (Å²) in [7, 11) is 0. The van der Waals surface area contributed by atoms with Crippen LogP contribution in [0, 0.1) is 0 Å². The topological polar surface area (TPSA) is 89.0 Å². The van der Waals surface area contributed by atoms with Crippen molar-refractivity contribution in [1.82, 2.24) is 30.2 Å². The number of nitrogen functional groups attached to an aromatic ring is 1. The Morgan fingerprint density at radius 1 is 0.757 bits per heavy atom. The maximum absolute atomic E-state index is 5.67. The minimum atomic E-state index is 0. The summed E-state index contributed by atoms with van der Waals surface area (Å²) in [6.07, 6.45) is 3.55. The molecule has 1 aliphatic rings. The number of nitrogens with one attached hydrogen (secondary N) is 2. The summed E-state index contributed by atoms with van der Waals surface area (Å²) in [6, 6.07) is 23.9. The number of piperazine rings is 1. The van der Waals surface area contributed by atoms with Gasteiger partial charge in [0.25, 0.3) is 0 Å². The first-order chi connectivity index (χ1) is 17.7. The second-order valence-electron chi connectivity index (χ2n) is 7.81. The molecule has 1 aliphatic heterocycles. The highest BCUT2D eigenvalue weighted by Gasteiger charge is 2.15. The average molecular weight is 566 g/mol. The molecule has 11 heteroatoms. The highest BCUT2D eigenvalue weighted by Crippen LogP contribution is 2.19. The summed E-state index contributed by atoms with van der Waals surface area (Å²) in [5.41, 5.74) is 7.78. The van der Waals surface area contributed by atoms with Gasteiger partial charge in [0.1, 0.15) is 11.6 Å². The summed E-state index contributed by atoms with van der Waals surface area (Å²) < 4.78 is 3.70. The molecule has 2 aromatic heterocycles. The number of anilines is 2. The third kappa shape index (κ3) is 9.91. The van der Waals surface area contributed by atoms with Gasteiger partial charge in [-0.15, -0.1) is 35.6 Å². The molecule has 3 heterocycles. The van der Waals surface area contributed by atoms with E-state index in [-0.39, 0.29) is 12.4 Å². The number of hydrogen-bond donors (Lipinski definition) is 3. The maximum atomic E-state index is 5.67. The second-order valence-corrected chi connectivity index (χ2v) is 8.56. The minimum Gasteiger partial charge on any atom is -0.384 e. The van der Waals surface area contributed by atoms with E-state index in [0.29, 0.717) is 17.6 Å². The molecule has 1 saturated heterocycles. The first kappa shape index (κ1) is 30.5. The zero-order valence-corrected chi connectivity index (χ0v) is 23.0. The van der Waals surface area contributed by atoms with Gasteiger partial charge in [0.05, 0.1) is 23.8 Å². The molecule has 0 aliphatic carbocycles. The Kier molecular flexibility index (Phi) is 14.5. The van der Waals surface area contributed by atoms with Gasteiger partial charge >= 0.3 is 0 Å². The normalized spacial score (nSPS) is 12.4. The predicted octanol–water partition coefficient (Wildman–Crippen LogP) is 4.21. The van der Waals surface area contributed by atoms with Crippen LogP contribution in [0.4, 0.5) is 11.6 Å². The van der Waals surface area contributed by atoms with E-state index in [1.807, 2.05) is 59.4 Å². The predicted molar refractivity (Wildman–Crippen MR) is 158 cm³/mol. The van der Waals surface area contributed by atoms with Gasteiger partial charge in [-0.25, -0.2) is 9.36 Å². The number of aromatic nitrogens is 4. The molecule has 0 radical (unpaired) electrons. The van der Waals surface area contributed by atoms with Crippen LogP contribution in [0.1, 0.15) is 0 Å². The highest BCUT2D eigenvalue weighted by molar-refractivity contribution is 6.18. The number of nitrogens with two attached hydrogens (primary N) is 1. The van der Waals surface area contributed by atoms with Crippen molar-refractivity contribution in [3.05, 3.63) is 85.2 Å². The van der Waals surface area contributed by atoms with Gasteiger partial charge in [-0.05, 0) is 24.3 Å². The molecule has 8 nitrogen and oxygen atoms in total. The van der Waals surface area contributed by atoms with Crippen molar-refractivity contribution in [3.63, 3.8) is 0 Å². The van der Waals surface area contributed by atoms with Crippen molar-refractivity contribution >= 4 is 47.2 Å². The Morgan fingerprint density at radius 3 is 1.78 bits per heavy atom. The molecule has 37 heavy (non-hydrogen) atoms. The molecule has 5 rings (SSSR count). The van der Waals surface area contributed by atoms with Gasteiger partial charge in [0, 0.05) is 63.2 Å². The van der Waals surface area contributed by atoms with E-state index in [9.17, 15) is 0 Å². The van der Waals surface area contributed by atoms with Gasteiger partial charge in [-0.2, -0.15) is 10.2 Å². The molecule has 1 fully saturated rings. The van der Waals surface area contributed by atoms with Crippen LogP contribution in [0.2, 0.25) is 0 Å². The van der Waals surface area contributed by atoms with E-state index in [2.05, 4.69) is 43.9 Å². The quantitative estimate of drug-likeness (QED) is 0.230. The van der Waals surface area contributed by atoms with Crippen LogP contribution in [-0.4, -0.2) is 70.6 Å². The number of benzene rings is 2. The molecule has 4 aromatic rings.